The number of likely N-dealkylation sites (tertiary alicyclic amines) is 3. The third kappa shape index (κ3) is 9.26. The van der Waals surface area contributed by atoms with E-state index in [4.69, 9.17) is 15.0 Å². The molecule has 1 unspecified atom stereocenters. The number of rotatable bonds is 13. The Hall–Kier alpha value is -4.73. The molecule has 0 aliphatic carbocycles. The van der Waals surface area contributed by atoms with Crippen LogP contribution in [0.1, 0.15) is 75.5 Å². The summed E-state index contributed by atoms with van der Waals surface area (Å²) < 4.78 is 15.8. The van der Waals surface area contributed by atoms with Gasteiger partial charge in [0.25, 0.3) is 0 Å². The van der Waals surface area contributed by atoms with Crippen LogP contribution in [0, 0.1) is 23.7 Å². The molecular formula is C47H59N7O4. The fraction of sp³-hybridized carbons (Fsp3) is 0.511. The van der Waals surface area contributed by atoms with Crippen LogP contribution >= 0.6 is 0 Å². The molecule has 0 radical (unpaired) electrons. The van der Waals surface area contributed by atoms with Crippen molar-refractivity contribution in [3.8, 4) is 28.9 Å². The average Bonchev–Trinajstić information content (AvgIpc) is 3.79. The maximum absolute atomic E-state index is 13.0. The summed E-state index contributed by atoms with van der Waals surface area (Å²) in [5.41, 5.74) is 11.4. The summed E-state index contributed by atoms with van der Waals surface area (Å²) in [4.78, 5) is 31.7. The van der Waals surface area contributed by atoms with Crippen LogP contribution in [-0.2, 0) is 18.4 Å². The minimum atomic E-state index is -0.0510. The van der Waals surface area contributed by atoms with E-state index in [9.17, 15) is 9.59 Å². The van der Waals surface area contributed by atoms with E-state index >= 15 is 0 Å². The molecule has 306 valence electrons. The molecule has 0 saturated carbocycles. The summed E-state index contributed by atoms with van der Waals surface area (Å²) in [6.07, 6.45) is 9.41. The number of hydrogen-bond donors (Lipinski definition) is 1. The summed E-state index contributed by atoms with van der Waals surface area (Å²) in [5.74, 6) is 9.94. The smallest absolute Gasteiger partial charge is 0.329 e. The molecule has 2 aromatic heterocycles. The second-order valence-corrected chi connectivity index (χ2v) is 17.0. The monoisotopic (exact) mass is 785 g/mol. The first-order chi connectivity index (χ1) is 28.3. The molecule has 3 fully saturated rings. The SMILES string of the molecule is CC(CCC=O)n1c(=O)n(C)c2cc(C#CCN3CCC(CN4CCC(CN5CCC(Oc6cccc(-c7onc8ccc(CN)cc78)c6)CC5)CC4)CC3)ccc21. The highest BCUT2D eigenvalue weighted by Gasteiger charge is 2.28. The molecule has 5 aromatic rings. The number of carbonyl (C=O) groups excluding carboxylic acids is 1. The van der Waals surface area contributed by atoms with Crippen LogP contribution in [0.15, 0.2) is 70.0 Å². The molecule has 11 heteroatoms. The van der Waals surface area contributed by atoms with E-state index in [1.54, 1.807) is 9.13 Å². The number of aldehydes is 1. The second kappa shape index (κ2) is 18.5. The molecule has 3 aliphatic heterocycles. The number of carbonyl (C=O) groups is 1. The van der Waals surface area contributed by atoms with Gasteiger partial charge >= 0.3 is 5.69 Å². The van der Waals surface area contributed by atoms with Gasteiger partial charge in [-0.1, -0.05) is 35.2 Å². The van der Waals surface area contributed by atoms with Gasteiger partial charge < -0.3 is 29.6 Å². The highest BCUT2D eigenvalue weighted by atomic mass is 16.5. The van der Waals surface area contributed by atoms with Crippen molar-refractivity contribution in [3.63, 3.8) is 0 Å². The van der Waals surface area contributed by atoms with Crippen molar-refractivity contribution in [1.82, 2.24) is 29.0 Å². The number of fused-ring (bicyclic) bond motifs is 2. The lowest BCUT2D eigenvalue weighted by atomic mass is 9.92. The van der Waals surface area contributed by atoms with Gasteiger partial charge in [0.15, 0.2) is 5.76 Å². The van der Waals surface area contributed by atoms with E-state index in [0.29, 0.717) is 19.4 Å². The molecule has 11 nitrogen and oxygen atoms in total. The molecule has 58 heavy (non-hydrogen) atoms. The Morgan fingerprint density at radius 1 is 0.879 bits per heavy atom. The predicted molar refractivity (Wildman–Crippen MR) is 230 cm³/mol. The Balaban J connectivity index is 0.730. The minimum absolute atomic E-state index is 0.0350. The molecule has 0 bridgehead atoms. The van der Waals surface area contributed by atoms with Crippen molar-refractivity contribution in [2.45, 2.75) is 77.0 Å². The zero-order valence-electron chi connectivity index (χ0n) is 34.3. The summed E-state index contributed by atoms with van der Waals surface area (Å²) in [5, 5.41) is 5.24. The summed E-state index contributed by atoms with van der Waals surface area (Å²) in [6.45, 7) is 12.5. The van der Waals surface area contributed by atoms with E-state index < -0.39 is 0 Å². The van der Waals surface area contributed by atoms with Gasteiger partial charge in [-0.25, -0.2) is 4.79 Å². The van der Waals surface area contributed by atoms with Gasteiger partial charge in [0.2, 0.25) is 0 Å². The van der Waals surface area contributed by atoms with Gasteiger partial charge in [-0.2, -0.15) is 0 Å². The van der Waals surface area contributed by atoms with E-state index in [1.807, 2.05) is 56.4 Å². The van der Waals surface area contributed by atoms with Crippen molar-refractivity contribution in [3.05, 3.63) is 82.3 Å². The van der Waals surface area contributed by atoms with Crippen LogP contribution in [0.2, 0.25) is 0 Å². The Kier molecular flexibility index (Phi) is 12.8. The number of ether oxygens (including phenoxy) is 1. The summed E-state index contributed by atoms with van der Waals surface area (Å²) in [6, 6.07) is 20.2. The quantitative estimate of drug-likeness (QED) is 0.106. The lowest BCUT2D eigenvalue weighted by molar-refractivity contribution is -0.108. The highest BCUT2D eigenvalue weighted by Crippen LogP contribution is 2.33. The highest BCUT2D eigenvalue weighted by molar-refractivity contribution is 5.92. The van der Waals surface area contributed by atoms with Crippen molar-refractivity contribution in [2.24, 2.45) is 24.6 Å². The van der Waals surface area contributed by atoms with Crippen LogP contribution in [0.25, 0.3) is 33.3 Å². The zero-order valence-corrected chi connectivity index (χ0v) is 34.3. The van der Waals surface area contributed by atoms with Gasteiger partial charge in [0.1, 0.15) is 23.7 Å². The number of hydrogen-bond acceptors (Lipinski definition) is 9. The molecule has 8 rings (SSSR count). The number of aromatic nitrogens is 3. The lowest BCUT2D eigenvalue weighted by Gasteiger charge is -2.39. The molecule has 3 aliphatic rings. The van der Waals surface area contributed by atoms with Crippen molar-refractivity contribution in [2.75, 3.05) is 58.9 Å². The van der Waals surface area contributed by atoms with Crippen LogP contribution in [0.4, 0.5) is 0 Å². The topological polar surface area (TPSA) is 115 Å². The zero-order chi connectivity index (χ0) is 40.0. The first-order valence-corrected chi connectivity index (χ1v) is 21.5. The number of piperidine rings is 3. The minimum Gasteiger partial charge on any atom is -0.490 e. The largest absolute Gasteiger partial charge is 0.490 e. The number of imidazole rings is 1. The molecule has 0 spiro atoms. The van der Waals surface area contributed by atoms with E-state index in [0.717, 1.165) is 114 Å². The maximum atomic E-state index is 13.0. The number of aryl methyl sites for hydroxylation is 1. The van der Waals surface area contributed by atoms with Crippen LogP contribution < -0.4 is 16.2 Å². The number of nitrogens with two attached hydrogens (primary N) is 1. The number of nitrogens with zero attached hydrogens (tertiary/aromatic N) is 6. The Labute approximate surface area is 342 Å². The van der Waals surface area contributed by atoms with Gasteiger partial charge in [-0.15, -0.1) is 0 Å². The van der Waals surface area contributed by atoms with Gasteiger partial charge in [0.05, 0.1) is 23.0 Å². The van der Waals surface area contributed by atoms with Crippen molar-refractivity contribution >= 4 is 28.2 Å². The molecule has 0 amide bonds. The summed E-state index contributed by atoms with van der Waals surface area (Å²) >= 11 is 0. The fourth-order valence-electron chi connectivity index (χ4n) is 9.40. The Morgan fingerprint density at radius 3 is 2.29 bits per heavy atom. The molecule has 1 atom stereocenters. The first kappa shape index (κ1) is 40.1. The van der Waals surface area contributed by atoms with Gasteiger partial charge in [-0.3, -0.25) is 14.0 Å². The van der Waals surface area contributed by atoms with Gasteiger partial charge in [-0.05, 0) is 138 Å². The van der Waals surface area contributed by atoms with E-state index in [1.165, 1.54) is 51.9 Å². The third-order valence-electron chi connectivity index (χ3n) is 12.9. The first-order valence-electron chi connectivity index (χ1n) is 21.5. The van der Waals surface area contributed by atoms with Crippen molar-refractivity contribution in [1.29, 1.82) is 0 Å². The second-order valence-electron chi connectivity index (χ2n) is 17.0. The average molecular weight is 786 g/mol. The predicted octanol–water partition coefficient (Wildman–Crippen LogP) is 6.47. The van der Waals surface area contributed by atoms with E-state index in [-0.39, 0.29) is 17.8 Å². The molecule has 2 N–H and O–H groups in total. The lowest BCUT2D eigenvalue weighted by Crippen LogP contribution is -2.45. The molecule has 3 aromatic carbocycles. The van der Waals surface area contributed by atoms with Crippen LogP contribution in [0.5, 0.6) is 5.75 Å². The third-order valence-corrected chi connectivity index (χ3v) is 12.9. The Morgan fingerprint density at radius 2 is 1.59 bits per heavy atom. The molecule has 5 heterocycles. The van der Waals surface area contributed by atoms with Gasteiger partial charge in [0, 0.05) is 63.4 Å². The fourth-order valence-corrected chi connectivity index (χ4v) is 9.40. The normalized spacial score (nSPS) is 18.7. The molecular weight excluding hydrogens is 727 g/mol. The van der Waals surface area contributed by atoms with Crippen molar-refractivity contribution < 1.29 is 14.1 Å². The molecule has 3 saturated heterocycles. The summed E-state index contributed by atoms with van der Waals surface area (Å²) in [7, 11) is 1.81. The van der Waals surface area contributed by atoms with Crippen LogP contribution in [-0.4, -0.2) is 100 Å². The maximum Gasteiger partial charge on any atom is 0.329 e. The van der Waals surface area contributed by atoms with Crippen LogP contribution in [0.3, 0.4) is 0 Å². The number of benzene rings is 3. The Bertz CT molecular complexity index is 2290. The van der Waals surface area contributed by atoms with E-state index in [2.05, 4.69) is 49.9 Å². The standard InChI is InChI=1S/C47H59N7O4/c1-34(6-5-27-55)54-44-13-11-35(29-45(44)50(2)47(54)56)7-4-20-51-21-14-36(15-22-51)32-52-23-16-37(17-24-52)33-53-25-18-40(19-26-53)57-41-9-3-8-39(30-41)46-42-28-38(31-48)10-12-43(42)49-58-46/h3,8-13,27-30,34,36-37,40H,5-6,14-26,31-33,48H2,1-2H3.